The maximum absolute atomic E-state index is 12.0. The topological polar surface area (TPSA) is 114 Å². The molecule has 0 heterocycles. The van der Waals surface area contributed by atoms with E-state index in [2.05, 4.69) is 6.58 Å². The summed E-state index contributed by atoms with van der Waals surface area (Å²) < 4.78 is 16.2. The standard InChI is InChI=1S/C27H38N2O5/c1-20(2)27(31)34-17-6-4-3-5-16-32-24-12-7-21(8-13-24)9-14-26(30)33-18-15-22-10-11-23(28)19-25(22)29/h7-12,14,19,22,24-25H,1,3-6,13,15-18,28-29H2,2H3/b14-9+. The Morgan fingerprint density at radius 2 is 1.85 bits per heavy atom. The molecule has 0 spiro atoms. The first-order valence-corrected chi connectivity index (χ1v) is 11.9. The predicted octanol–water partition coefficient (Wildman–Crippen LogP) is 3.78. The van der Waals surface area contributed by atoms with Crippen molar-refractivity contribution in [2.45, 2.75) is 57.6 Å². The van der Waals surface area contributed by atoms with Crippen LogP contribution < -0.4 is 11.5 Å². The van der Waals surface area contributed by atoms with Crippen LogP contribution in [-0.4, -0.2) is 43.9 Å². The summed E-state index contributed by atoms with van der Waals surface area (Å²) >= 11 is 0. The monoisotopic (exact) mass is 470 g/mol. The molecule has 0 saturated heterocycles. The van der Waals surface area contributed by atoms with Gasteiger partial charge in [-0.05, 0) is 68.7 Å². The SMILES string of the molecule is C=C(C)C(=O)OCCCCCCOC1C=CC(/C=C/C(=O)OCCC2C=CC(N)=CC2N)=CC1. The lowest BCUT2D eigenvalue weighted by Gasteiger charge is -2.21. The van der Waals surface area contributed by atoms with Crippen molar-refractivity contribution in [1.29, 1.82) is 0 Å². The highest BCUT2D eigenvalue weighted by Crippen LogP contribution is 2.17. The van der Waals surface area contributed by atoms with Crippen LogP contribution in [0.4, 0.5) is 0 Å². The van der Waals surface area contributed by atoms with Crippen molar-refractivity contribution >= 4 is 11.9 Å². The van der Waals surface area contributed by atoms with Gasteiger partial charge in [0.15, 0.2) is 0 Å². The van der Waals surface area contributed by atoms with E-state index in [1.165, 1.54) is 6.08 Å². The number of carbonyl (C=O) groups excluding carboxylic acids is 2. The average molecular weight is 471 g/mol. The van der Waals surface area contributed by atoms with Crippen LogP contribution in [0.15, 0.2) is 72.0 Å². The number of nitrogens with two attached hydrogens (primary N) is 2. The number of ether oxygens (including phenoxy) is 3. The molecule has 0 radical (unpaired) electrons. The third-order valence-corrected chi connectivity index (χ3v) is 5.56. The van der Waals surface area contributed by atoms with E-state index >= 15 is 0 Å². The lowest BCUT2D eigenvalue weighted by molar-refractivity contribution is -0.139. The summed E-state index contributed by atoms with van der Waals surface area (Å²) in [6.45, 7) is 6.64. The molecule has 34 heavy (non-hydrogen) atoms. The molecule has 2 rings (SSSR count). The van der Waals surface area contributed by atoms with Crippen molar-refractivity contribution in [3.05, 3.63) is 72.0 Å². The summed E-state index contributed by atoms with van der Waals surface area (Å²) in [6, 6.07) is -0.148. The van der Waals surface area contributed by atoms with E-state index in [-0.39, 0.29) is 30.0 Å². The van der Waals surface area contributed by atoms with Crippen LogP contribution >= 0.6 is 0 Å². The summed E-state index contributed by atoms with van der Waals surface area (Å²) in [5.41, 5.74) is 13.8. The van der Waals surface area contributed by atoms with E-state index in [1.807, 2.05) is 36.5 Å². The Bertz CT molecular complexity index is 853. The van der Waals surface area contributed by atoms with Crippen molar-refractivity contribution in [2.75, 3.05) is 19.8 Å². The molecule has 0 fully saturated rings. The van der Waals surface area contributed by atoms with Crippen LogP contribution in [0.1, 0.15) is 45.4 Å². The second-order valence-electron chi connectivity index (χ2n) is 8.60. The number of allylic oxidation sites excluding steroid dienone is 4. The Kier molecular flexibility index (Phi) is 12.1. The van der Waals surface area contributed by atoms with Gasteiger partial charge < -0.3 is 25.7 Å². The van der Waals surface area contributed by atoms with Crippen LogP contribution in [0, 0.1) is 5.92 Å². The first kappa shape index (κ1) is 27.3. The number of hydrogen-bond donors (Lipinski definition) is 2. The lowest BCUT2D eigenvalue weighted by Crippen LogP contribution is -2.31. The van der Waals surface area contributed by atoms with E-state index in [9.17, 15) is 9.59 Å². The Hall–Kier alpha value is -2.90. The van der Waals surface area contributed by atoms with Gasteiger partial charge in [0, 0.05) is 30.0 Å². The van der Waals surface area contributed by atoms with Crippen LogP contribution in [-0.2, 0) is 23.8 Å². The Balaban J connectivity index is 1.51. The smallest absolute Gasteiger partial charge is 0.333 e. The van der Waals surface area contributed by atoms with E-state index in [0.29, 0.717) is 37.5 Å². The maximum atomic E-state index is 12.0. The molecule has 0 bridgehead atoms. The minimum absolute atomic E-state index is 0.0523. The van der Waals surface area contributed by atoms with Gasteiger partial charge in [-0.3, -0.25) is 0 Å². The number of rotatable bonds is 14. The second-order valence-corrected chi connectivity index (χ2v) is 8.60. The van der Waals surface area contributed by atoms with Gasteiger partial charge in [0.05, 0.1) is 19.3 Å². The van der Waals surface area contributed by atoms with Crippen molar-refractivity contribution in [3.63, 3.8) is 0 Å². The molecule has 0 aromatic rings. The minimum Gasteiger partial charge on any atom is -0.463 e. The van der Waals surface area contributed by atoms with Crippen molar-refractivity contribution < 1.29 is 23.8 Å². The van der Waals surface area contributed by atoms with Crippen LogP contribution in [0.25, 0.3) is 0 Å². The lowest BCUT2D eigenvalue weighted by atomic mass is 9.92. The molecular formula is C27H38N2O5. The molecule has 186 valence electrons. The molecule has 0 aromatic heterocycles. The highest BCUT2D eigenvalue weighted by atomic mass is 16.5. The molecule has 7 nitrogen and oxygen atoms in total. The Morgan fingerprint density at radius 1 is 1.09 bits per heavy atom. The molecule has 2 aliphatic rings. The number of esters is 2. The fourth-order valence-corrected chi connectivity index (χ4v) is 3.51. The van der Waals surface area contributed by atoms with Gasteiger partial charge in [-0.2, -0.15) is 0 Å². The number of hydrogen-bond acceptors (Lipinski definition) is 7. The molecule has 4 N–H and O–H groups in total. The zero-order valence-electron chi connectivity index (χ0n) is 20.1. The van der Waals surface area contributed by atoms with Gasteiger partial charge in [-0.1, -0.05) is 37.3 Å². The Morgan fingerprint density at radius 3 is 2.53 bits per heavy atom. The van der Waals surface area contributed by atoms with Gasteiger partial charge in [0.25, 0.3) is 0 Å². The Labute approximate surface area is 202 Å². The molecule has 3 atom stereocenters. The van der Waals surface area contributed by atoms with Crippen LogP contribution in [0.3, 0.4) is 0 Å². The normalized spacial score (nSPS) is 21.8. The number of unbranched alkanes of at least 4 members (excludes halogenated alkanes) is 3. The van der Waals surface area contributed by atoms with E-state index < -0.39 is 0 Å². The largest absolute Gasteiger partial charge is 0.463 e. The van der Waals surface area contributed by atoms with E-state index in [1.54, 1.807) is 13.0 Å². The van der Waals surface area contributed by atoms with Gasteiger partial charge in [-0.15, -0.1) is 0 Å². The quantitative estimate of drug-likeness (QED) is 0.226. The molecule has 0 amide bonds. The molecular weight excluding hydrogens is 432 g/mol. The predicted molar refractivity (Wildman–Crippen MR) is 133 cm³/mol. The summed E-state index contributed by atoms with van der Waals surface area (Å²) in [7, 11) is 0. The zero-order chi connectivity index (χ0) is 24.8. The van der Waals surface area contributed by atoms with E-state index in [0.717, 1.165) is 37.7 Å². The highest BCUT2D eigenvalue weighted by molar-refractivity contribution is 5.86. The molecule has 0 saturated carbocycles. The third kappa shape index (κ3) is 10.8. The highest BCUT2D eigenvalue weighted by Gasteiger charge is 2.16. The first-order chi connectivity index (χ1) is 16.3. The molecule has 3 unspecified atom stereocenters. The fourth-order valence-electron chi connectivity index (χ4n) is 3.51. The molecule has 0 aliphatic heterocycles. The molecule has 0 aromatic carbocycles. The summed E-state index contributed by atoms with van der Waals surface area (Å²) in [6.07, 6.45) is 20.1. The second kappa shape index (κ2) is 15.1. The summed E-state index contributed by atoms with van der Waals surface area (Å²) in [5, 5.41) is 0. The molecule has 2 aliphatic carbocycles. The van der Waals surface area contributed by atoms with Crippen LogP contribution in [0.2, 0.25) is 0 Å². The van der Waals surface area contributed by atoms with Crippen molar-refractivity contribution in [1.82, 2.24) is 0 Å². The zero-order valence-corrected chi connectivity index (χ0v) is 20.1. The third-order valence-electron chi connectivity index (χ3n) is 5.56. The van der Waals surface area contributed by atoms with Gasteiger partial charge in [-0.25, -0.2) is 9.59 Å². The average Bonchev–Trinajstić information content (AvgIpc) is 2.81. The van der Waals surface area contributed by atoms with E-state index in [4.69, 9.17) is 25.7 Å². The fraction of sp³-hybridized carbons (Fsp3) is 0.481. The summed E-state index contributed by atoms with van der Waals surface area (Å²) in [5.74, 6) is -0.574. The van der Waals surface area contributed by atoms with Gasteiger partial charge in [0.2, 0.25) is 0 Å². The van der Waals surface area contributed by atoms with Crippen LogP contribution in [0.5, 0.6) is 0 Å². The summed E-state index contributed by atoms with van der Waals surface area (Å²) in [4.78, 5) is 23.2. The molecule has 7 heteroatoms. The maximum Gasteiger partial charge on any atom is 0.333 e. The minimum atomic E-state index is -0.370. The number of carbonyl (C=O) groups is 2. The van der Waals surface area contributed by atoms with Crippen molar-refractivity contribution in [2.24, 2.45) is 17.4 Å². The first-order valence-electron chi connectivity index (χ1n) is 11.9. The van der Waals surface area contributed by atoms with Gasteiger partial charge in [0.1, 0.15) is 0 Å². The van der Waals surface area contributed by atoms with Crippen molar-refractivity contribution in [3.8, 4) is 0 Å². The van der Waals surface area contributed by atoms with Gasteiger partial charge >= 0.3 is 11.9 Å².